The van der Waals surface area contributed by atoms with E-state index in [-0.39, 0.29) is 5.56 Å². The van der Waals surface area contributed by atoms with E-state index in [0.29, 0.717) is 16.6 Å². The number of aldehydes is 1. The SMILES string of the molecule is O=Cc1c2ccccc2n2c1[nH]c(=O)c1ccccc12. The van der Waals surface area contributed by atoms with Crippen LogP contribution in [0, 0.1) is 0 Å². The zero-order chi connectivity index (χ0) is 13.7. The highest BCUT2D eigenvalue weighted by Gasteiger charge is 2.14. The molecule has 0 saturated carbocycles. The van der Waals surface area contributed by atoms with Gasteiger partial charge in [-0.25, -0.2) is 0 Å². The molecule has 0 atom stereocenters. The second-order valence-electron chi connectivity index (χ2n) is 4.70. The summed E-state index contributed by atoms with van der Waals surface area (Å²) in [4.78, 5) is 26.4. The Bertz CT molecular complexity index is 1040. The number of nitrogens with zero attached hydrogens (tertiary/aromatic N) is 1. The van der Waals surface area contributed by atoms with Crippen LogP contribution in [0.3, 0.4) is 0 Å². The number of fused-ring (bicyclic) bond motifs is 5. The highest BCUT2D eigenvalue weighted by molar-refractivity contribution is 6.07. The van der Waals surface area contributed by atoms with Crippen LogP contribution < -0.4 is 5.56 Å². The van der Waals surface area contributed by atoms with Gasteiger partial charge in [-0.3, -0.25) is 14.0 Å². The average Bonchev–Trinajstić information content (AvgIpc) is 2.81. The highest BCUT2D eigenvalue weighted by atomic mass is 16.1. The molecule has 4 nitrogen and oxygen atoms in total. The maximum absolute atomic E-state index is 12.2. The van der Waals surface area contributed by atoms with E-state index in [1.54, 1.807) is 6.07 Å². The zero-order valence-corrected chi connectivity index (χ0v) is 10.5. The third kappa shape index (κ3) is 1.25. The van der Waals surface area contributed by atoms with Crippen LogP contribution in [0.25, 0.3) is 27.5 Å². The molecule has 0 spiro atoms. The molecule has 4 heteroatoms. The van der Waals surface area contributed by atoms with Crippen LogP contribution in [-0.4, -0.2) is 15.7 Å². The van der Waals surface area contributed by atoms with Gasteiger partial charge in [0.1, 0.15) is 5.65 Å². The summed E-state index contributed by atoms with van der Waals surface area (Å²) in [6.45, 7) is 0. The lowest BCUT2D eigenvalue weighted by Gasteiger charge is -2.03. The van der Waals surface area contributed by atoms with Crippen LogP contribution in [-0.2, 0) is 0 Å². The van der Waals surface area contributed by atoms with Crippen molar-refractivity contribution < 1.29 is 4.79 Å². The molecule has 0 bridgehead atoms. The van der Waals surface area contributed by atoms with E-state index in [2.05, 4.69) is 4.98 Å². The predicted molar refractivity (Wildman–Crippen MR) is 78.4 cm³/mol. The maximum Gasteiger partial charge on any atom is 0.258 e. The Balaban J connectivity index is 2.46. The van der Waals surface area contributed by atoms with Gasteiger partial charge in [-0.15, -0.1) is 0 Å². The molecular weight excluding hydrogens is 252 g/mol. The summed E-state index contributed by atoms with van der Waals surface area (Å²) >= 11 is 0. The molecule has 0 saturated heterocycles. The summed E-state index contributed by atoms with van der Waals surface area (Å²) in [5.41, 5.74) is 2.60. The molecule has 0 aliphatic carbocycles. The summed E-state index contributed by atoms with van der Waals surface area (Å²) in [5, 5.41) is 1.45. The van der Waals surface area contributed by atoms with Crippen LogP contribution in [0.1, 0.15) is 10.4 Å². The van der Waals surface area contributed by atoms with Crippen molar-refractivity contribution in [2.75, 3.05) is 0 Å². The first kappa shape index (κ1) is 11.0. The largest absolute Gasteiger partial charge is 0.307 e. The van der Waals surface area contributed by atoms with Crippen LogP contribution >= 0.6 is 0 Å². The van der Waals surface area contributed by atoms with Crippen molar-refractivity contribution in [3.05, 3.63) is 64.4 Å². The maximum atomic E-state index is 12.2. The van der Waals surface area contributed by atoms with Crippen LogP contribution in [0.4, 0.5) is 0 Å². The first-order chi connectivity index (χ1) is 9.81. The smallest absolute Gasteiger partial charge is 0.258 e. The van der Waals surface area contributed by atoms with Crippen molar-refractivity contribution in [3.63, 3.8) is 0 Å². The van der Waals surface area contributed by atoms with Gasteiger partial charge in [0.25, 0.3) is 5.56 Å². The van der Waals surface area contributed by atoms with Gasteiger partial charge in [0.2, 0.25) is 0 Å². The van der Waals surface area contributed by atoms with Crippen LogP contribution in [0.5, 0.6) is 0 Å². The third-order valence-electron chi connectivity index (χ3n) is 3.65. The molecule has 0 unspecified atom stereocenters. The van der Waals surface area contributed by atoms with E-state index >= 15 is 0 Å². The summed E-state index contributed by atoms with van der Waals surface area (Å²) < 4.78 is 1.93. The van der Waals surface area contributed by atoms with E-state index in [1.807, 2.05) is 46.9 Å². The predicted octanol–water partition coefficient (Wildman–Crippen LogP) is 2.75. The fraction of sp³-hybridized carbons (Fsp3) is 0. The van der Waals surface area contributed by atoms with Crippen molar-refractivity contribution >= 4 is 33.7 Å². The minimum Gasteiger partial charge on any atom is -0.307 e. The van der Waals surface area contributed by atoms with Crippen molar-refractivity contribution in [3.8, 4) is 0 Å². The van der Waals surface area contributed by atoms with Gasteiger partial charge in [-0.1, -0.05) is 30.3 Å². The highest BCUT2D eigenvalue weighted by Crippen LogP contribution is 2.26. The minimum atomic E-state index is -0.181. The fourth-order valence-corrected chi connectivity index (χ4v) is 2.79. The monoisotopic (exact) mass is 262 g/mol. The number of H-pyrrole nitrogens is 1. The normalized spacial score (nSPS) is 11.4. The summed E-state index contributed by atoms with van der Waals surface area (Å²) in [7, 11) is 0. The minimum absolute atomic E-state index is 0.181. The lowest BCUT2D eigenvalue weighted by Crippen LogP contribution is -2.09. The topological polar surface area (TPSA) is 54.3 Å². The molecule has 0 fully saturated rings. The number of hydrogen-bond donors (Lipinski definition) is 1. The average molecular weight is 262 g/mol. The molecule has 2 heterocycles. The molecule has 4 aromatic rings. The number of aromatic amines is 1. The van der Waals surface area contributed by atoms with Crippen LogP contribution in [0.15, 0.2) is 53.3 Å². The van der Waals surface area contributed by atoms with Gasteiger partial charge in [0.05, 0.1) is 22.0 Å². The molecule has 0 amide bonds. The van der Waals surface area contributed by atoms with Gasteiger partial charge in [0.15, 0.2) is 6.29 Å². The molecule has 0 aliphatic heterocycles. The first-order valence-electron chi connectivity index (χ1n) is 6.30. The number of para-hydroxylation sites is 2. The summed E-state index contributed by atoms with van der Waals surface area (Å²) in [5.74, 6) is 0. The Hall–Kier alpha value is -2.88. The standard InChI is InChI=1S/C16H10N2O2/c19-9-12-10-5-1-3-7-13(10)18-14-8-4-2-6-11(14)16(20)17-15(12)18/h1-9H,(H,17,20). The molecule has 20 heavy (non-hydrogen) atoms. The lowest BCUT2D eigenvalue weighted by atomic mass is 10.2. The van der Waals surface area contributed by atoms with Crippen molar-refractivity contribution in [2.24, 2.45) is 0 Å². The number of nitrogens with one attached hydrogen (secondary N) is 1. The molecule has 2 aromatic heterocycles. The summed E-state index contributed by atoms with van der Waals surface area (Å²) in [6.07, 6.45) is 0.794. The van der Waals surface area contributed by atoms with E-state index in [0.717, 1.165) is 22.7 Å². The number of hydrogen-bond acceptors (Lipinski definition) is 2. The number of rotatable bonds is 1. The Labute approximate surface area is 113 Å². The first-order valence-corrected chi connectivity index (χ1v) is 6.30. The molecule has 4 rings (SSSR count). The molecule has 1 N–H and O–H groups in total. The van der Waals surface area contributed by atoms with Crippen molar-refractivity contribution in [1.82, 2.24) is 9.38 Å². The van der Waals surface area contributed by atoms with E-state index in [9.17, 15) is 9.59 Å². The second kappa shape index (κ2) is 3.81. The second-order valence-corrected chi connectivity index (χ2v) is 4.70. The van der Waals surface area contributed by atoms with E-state index in [1.165, 1.54) is 0 Å². The van der Waals surface area contributed by atoms with Gasteiger partial charge >= 0.3 is 0 Å². The quantitative estimate of drug-likeness (QED) is 0.536. The Morgan fingerprint density at radius 1 is 0.900 bits per heavy atom. The lowest BCUT2D eigenvalue weighted by molar-refractivity contribution is 0.112. The zero-order valence-electron chi connectivity index (χ0n) is 10.5. The molecule has 96 valence electrons. The van der Waals surface area contributed by atoms with Gasteiger partial charge < -0.3 is 4.98 Å². The third-order valence-corrected chi connectivity index (χ3v) is 3.65. The Morgan fingerprint density at radius 2 is 1.50 bits per heavy atom. The van der Waals surface area contributed by atoms with Crippen molar-refractivity contribution in [1.29, 1.82) is 0 Å². The Kier molecular flexibility index (Phi) is 2.09. The molecule has 2 aromatic carbocycles. The molecular formula is C16H10N2O2. The fourth-order valence-electron chi connectivity index (χ4n) is 2.79. The van der Waals surface area contributed by atoms with Crippen LogP contribution in [0.2, 0.25) is 0 Å². The van der Waals surface area contributed by atoms with E-state index < -0.39 is 0 Å². The number of benzene rings is 2. The number of carbonyl (C=O) groups excluding carboxylic acids is 1. The van der Waals surface area contributed by atoms with Gasteiger partial charge in [-0.2, -0.15) is 0 Å². The van der Waals surface area contributed by atoms with E-state index in [4.69, 9.17) is 0 Å². The summed E-state index contributed by atoms with van der Waals surface area (Å²) in [6, 6.07) is 15.0. The van der Waals surface area contributed by atoms with Gasteiger partial charge in [-0.05, 0) is 18.2 Å². The Morgan fingerprint density at radius 3 is 2.20 bits per heavy atom. The van der Waals surface area contributed by atoms with Gasteiger partial charge in [0, 0.05) is 5.39 Å². The number of carbonyl (C=O) groups is 1. The van der Waals surface area contributed by atoms with Crippen molar-refractivity contribution in [2.45, 2.75) is 0 Å². The molecule has 0 aliphatic rings. The molecule has 0 radical (unpaired) electrons. The number of aromatic nitrogens is 2.